The van der Waals surface area contributed by atoms with E-state index in [9.17, 15) is 14.4 Å². The van der Waals surface area contributed by atoms with E-state index in [2.05, 4.69) is 22.8 Å². The Hall–Kier alpha value is -2.37. The summed E-state index contributed by atoms with van der Waals surface area (Å²) in [7, 11) is 1.77. The number of benzene rings is 1. The van der Waals surface area contributed by atoms with E-state index in [1.54, 1.807) is 11.9 Å². The van der Waals surface area contributed by atoms with Gasteiger partial charge in [0.2, 0.25) is 5.91 Å². The molecular weight excluding hydrogens is 282 g/mol. The van der Waals surface area contributed by atoms with E-state index in [0.29, 0.717) is 0 Å². The van der Waals surface area contributed by atoms with Crippen molar-refractivity contribution in [2.24, 2.45) is 0 Å². The molecule has 1 aromatic carbocycles. The molecule has 0 aromatic heterocycles. The number of carbonyl (C=O) groups excluding carboxylic acids is 3. The topological polar surface area (TPSA) is 78.5 Å². The van der Waals surface area contributed by atoms with E-state index < -0.39 is 18.0 Å². The van der Waals surface area contributed by atoms with Crippen LogP contribution in [0, 0.1) is 0 Å². The first kappa shape index (κ1) is 14.6. The molecule has 0 saturated carbocycles. The molecule has 0 spiro atoms. The molecule has 6 nitrogen and oxygen atoms in total. The molecule has 2 atom stereocenters. The number of nitrogens with one attached hydrogen (secondary N) is 2. The van der Waals surface area contributed by atoms with Gasteiger partial charge < -0.3 is 10.2 Å². The molecule has 0 radical (unpaired) electrons. The van der Waals surface area contributed by atoms with Crippen LogP contribution in [0.15, 0.2) is 24.3 Å². The smallest absolute Gasteiger partial charge is 0.322 e. The number of urea groups is 1. The number of carbonyl (C=O) groups is 3. The molecule has 2 aliphatic rings. The van der Waals surface area contributed by atoms with Gasteiger partial charge in [-0.25, -0.2) is 4.79 Å². The van der Waals surface area contributed by atoms with Gasteiger partial charge in [-0.05, 0) is 30.4 Å². The number of amides is 4. The van der Waals surface area contributed by atoms with Crippen molar-refractivity contribution in [3.8, 4) is 0 Å². The summed E-state index contributed by atoms with van der Waals surface area (Å²) in [6.07, 6.45) is 2.99. The maximum absolute atomic E-state index is 12.5. The number of imide groups is 1. The first-order chi connectivity index (χ1) is 10.6. The summed E-state index contributed by atoms with van der Waals surface area (Å²) in [6, 6.07) is 6.91. The zero-order chi connectivity index (χ0) is 15.7. The van der Waals surface area contributed by atoms with Gasteiger partial charge in [-0.1, -0.05) is 24.3 Å². The minimum Gasteiger partial charge on any atom is -0.339 e. The Labute approximate surface area is 128 Å². The van der Waals surface area contributed by atoms with Crippen LogP contribution < -0.4 is 10.6 Å². The van der Waals surface area contributed by atoms with Crippen molar-refractivity contribution in [2.75, 3.05) is 7.05 Å². The van der Waals surface area contributed by atoms with E-state index in [4.69, 9.17) is 0 Å². The molecule has 1 saturated heterocycles. The predicted molar refractivity (Wildman–Crippen MR) is 80.0 cm³/mol. The molecule has 0 bridgehead atoms. The Morgan fingerprint density at radius 2 is 2.09 bits per heavy atom. The van der Waals surface area contributed by atoms with Gasteiger partial charge in [-0.2, -0.15) is 0 Å². The molecule has 1 aliphatic carbocycles. The summed E-state index contributed by atoms with van der Waals surface area (Å²) >= 11 is 0. The summed E-state index contributed by atoms with van der Waals surface area (Å²) in [5, 5.41) is 4.61. The lowest BCUT2D eigenvalue weighted by Gasteiger charge is -2.33. The molecule has 3 rings (SSSR count). The van der Waals surface area contributed by atoms with Gasteiger partial charge >= 0.3 is 6.03 Å². The van der Waals surface area contributed by atoms with Gasteiger partial charge in [0, 0.05) is 7.05 Å². The third-order valence-electron chi connectivity index (χ3n) is 4.44. The van der Waals surface area contributed by atoms with Crippen LogP contribution in [0.1, 0.15) is 36.4 Å². The zero-order valence-electron chi connectivity index (χ0n) is 12.5. The number of rotatable bonds is 3. The van der Waals surface area contributed by atoms with E-state index in [-0.39, 0.29) is 18.4 Å². The van der Waals surface area contributed by atoms with Gasteiger partial charge in [0.25, 0.3) is 5.91 Å². The Morgan fingerprint density at radius 1 is 1.32 bits per heavy atom. The molecule has 6 heteroatoms. The fourth-order valence-electron chi connectivity index (χ4n) is 3.23. The van der Waals surface area contributed by atoms with Crippen LogP contribution in [0.3, 0.4) is 0 Å². The average molecular weight is 301 g/mol. The number of hydrogen-bond acceptors (Lipinski definition) is 3. The summed E-state index contributed by atoms with van der Waals surface area (Å²) in [5.41, 5.74) is 2.47. The number of aryl methyl sites for hydroxylation is 1. The third-order valence-corrected chi connectivity index (χ3v) is 4.44. The van der Waals surface area contributed by atoms with E-state index in [1.165, 1.54) is 11.1 Å². The summed E-state index contributed by atoms with van der Waals surface area (Å²) in [4.78, 5) is 36.8. The highest BCUT2D eigenvalue weighted by Gasteiger charge is 2.34. The normalized spacial score (nSPS) is 23.5. The Balaban J connectivity index is 1.72. The quantitative estimate of drug-likeness (QED) is 0.821. The first-order valence-corrected chi connectivity index (χ1v) is 7.51. The molecule has 2 N–H and O–H groups in total. The van der Waals surface area contributed by atoms with Crippen molar-refractivity contribution in [1.82, 2.24) is 15.5 Å². The molecular formula is C16H19N3O3. The second-order valence-electron chi connectivity index (χ2n) is 5.83. The monoisotopic (exact) mass is 301 g/mol. The van der Waals surface area contributed by atoms with Gasteiger partial charge in [0.1, 0.15) is 6.04 Å². The summed E-state index contributed by atoms with van der Waals surface area (Å²) < 4.78 is 0. The number of hydrogen-bond donors (Lipinski definition) is 2. The largest absolute Gasteiger partial charge is 0.339 e. The lowest BCUT2D eigenvalue weighted by molar-refractivity contribution is -0.135. The second-order valence-corrected chi connectivity index (χ2v) is 5.83. The first-order valence-electron chi connectivity index (χ1n) is 7.51. The van der Waals surface area contributed by atoms with Crippen molar-refractivity contribution >= 4 is 17.8 Å². The second kappa shape index (κ2) is 5.79. The fraction of sp³-hybridized carbons (Fsp3) is 0.438. The molecule has 4 amide bonds. The van der Waals surface area contributed by atoms with Crippen LogP contribution in [0.2, 0.25) is 0 Å². The molecule has 1 aromatic rings. The Kier molecular flexibility index (Phi) is 3.83. The van der Waals surface area contributed by atoms with Gasteiger partial charge in [0.15, 0.2) is 0 Å². The zero-order valence-corrected chi connectivity index (χ0v) is 12.5. The van der Waals surface area contributed by atoms with Crippen LogP contribution in [-0.4, -0.2) is 35.8 Å². The highest BCUT2D eigenvalue weighted by atomic mass is 16.2. The highest BCUT2D eigenvalue weighted by molar-refractivity contribution is 6.05. The van der Waals surface area contributed by atoms with Crippen molar-refractivity contribution in [2.45, 2.75) is 37.8 Å². The van der Waals surface area contributed by atoms with Crippen molar-refractivity contribution in [1.29, 1.82) is 0 Å². The molecule has 1 heterocycles. The predicted octanol–water partition coefficient (Wildman–Crippen LogP) is 1.12. The maximum Gasteiger partial charge on any atom is 0.322 e. The Bertz CT molecular complexity index is 629. The van der Waals surface area contributed by atoms with Crippen LogP contribution in [0.25, 0.3) is 0 Å². The standard InChI is InChI=1S/C16H19N3O3/c1-19(14(20)9-12-15(21)18-16(22)17-12)13-8-4-6-10-5-2-3-7-11(10)13/h2-3,5,7,12-13H,4,6,8-9H2,1H3,(H2,17,18,21,22)/t12-,13-/m1/s1. The minimum atomic E-state index is -0.763. The van der Waals surface area contributed by atoms with E-state index >= 15 is 0 Å². The van der Waals surface area contributed by atoms with Crippen molar-refractivity contribution < 1.29 is 14.4 Å². The SMILES string of the molecule is CN(C(=O)C[C@H]1NC(=O)NC1=O)[C@@H]1CCCc2ccccc21. The Morgan fingerprint density at radius 3 is 2.82 bits per heavy atom. The van der Waals surface area contributed by atoms with Crippen LogP contribution >= 0.6 is 0 Å². The maximum atomic E-state index is 12.5. The van der Waals surface area contributed by atoms with Crippen LogP contribution in [0.5, 0.6) is 0 Å². The number of fused-ring (bicyclic) bond motifs is 1. The summed E-state index contributed by atoms with van der Waals surface area (Å²) in [5.74, 6) is -0.570. The molecule has 116 valence electrons. The third kappa shape index (κ3) is 2.68. The average Bonchev–Trinajstić information content (AvgIpc) is 2.83. The number of nitrogens with zero attached hydrogens (tertiary/aromatic N) is 1. The molecule has 0 unspecified atom stereocenters. The highest BCUT2D eigenvalue weighted by Crippen LogP contribution is 2.33. The molecule has 22 heavy (non-hydrogen) atoms. The molecule has 1 fully saturated rings. The van der Waals surface area contributed by atoms with Gasteiger partial charge in [-0.15, -0.1) is 0 Å². The lowest BCUT2D eigenvalue weighted by Crippen LogP contribution is -2.39. The van der Waals surface area contributed by atoms with Crippen molar-refractivity contribution in [3.05, 3.63) is 35.4 Å². The fourth-order valence-corrected chi connectivity index (χ4v) is 3.23. The van der Waals surface area contributed by atoms with Crippen molar-refractivity contribution in [3.63, 3.8) is 0 Å². The molecule has 1 aliphatic heterocycles. The van der Waals surface area contributed by atoms with Gasteiger partial charge in [0.05, 0.1) is 12.5 Å². The minimum absolute atomic E-state index is 0.00720. The van der Waals surface area contributed by atoms with E-state index in [1.807, 2.05) is 12.1 Å². The summed E-state index contributed by atoms with van der Waals surface area (Å²) in [6.45, 7) is 0. The lowest BCUT2D eigenvalue weighted by atomic mass is 9.87. The van der Waals surface area contributed by atoms with E-state index in [0.717, 1.165) is 19.3 Å². The van der Waals surface area contributed by atoms with Gasteiger partial charge in [-0.3, -0.25) is 14.9 Å². The van der Waals surface area contributed by atoms with Crippen LogP contribution in [-0.2, 0) is 16.0 Å². The van der Waals surface area contributed by atoms with Crippen LogP contribution in [0.4, 0.5) is 4.79 Å².